The van der Waals surface area contributed by atoms with Gasteiger partial charge in [-0.1, -0.05) is 17.7 Å². The highest BCUT2D eigenvalue weighted by atomic mass is 35.5. The highest BCUT2D eigenvalue weighted by Crippen LogP contribution is 2.36. The second kappa shape index (κ2) is 4.93. The van der Waals surface area contributed by atoms with Crippen molar-refractivity contribution < 1.29 is 9.90 Å². The van der Waals surface area contributed by atoms with Crippen LogP contribution in [0.2, 0.25) is 5.02 Å². The van der Waals surface area contributed by atoms with Crippen molar-refractivity contribution in [1.29, 1.82) is 0 Å². The third-order valence-electron chi connectivity index (χ3n) is 2.83. The van der Waals surface area contributed by atoms with Gasteiger partial charge in [0, 0.05) is 32.4 Å². The summed E-state index contributed by atoms with van der Waals surface area (Å²) >= 11 is 6.25. The fourth-order valence-corrected chi connectivity index (χ4v) is 2.21. The third kappa shape index (κ3) is 2.42. The smallest absolute Gasteiger partial charge is 0.356 e. The van der Waals surface area contributed by atoms with Crippen molar-refractivity contribution in [3.05, 3.63) is 35.0 Å². The van der Waals surface area contributed by atoms with E-state index in [0.717, 1.165) is 11.3 Å². The molecule has 0 aliphatic rings. The van der Waals surface area contributed by atoms with Gasteiger partial charge in [0.25, 0.3) is 0 Å². The Labute approximate surface area is 116 Å². The van der Waals surface area contributed by atoms with Crippen LogP contribution in [0.25, 0.3) is 11.3 Å². The first-order chi connectivity index (χ1) is 8.91. The number of hydrogen-bond donors (Lipinski definition) is 1. The van der Waals surface area contributed by atoms with Gasteiger partial charge in [-0.15, -0.1) is 0 Å². The minimum atomic E-state index is -1.06. The largest absolute Gasteiger partial charge is 0.476 e. The first-order valence-electron chi connectivity index (χ1n) is 5.65. The van der Waals surface area contributed by atoms with Crippen LogP contribution in [0.4, 0.5) is 5.69 Å². The van der Waals surface area contributed by atoms with E-state index in [1.165, 1.54) is 10.7 Å². The van der Waals surface area contributed by atoms with E-state index in [1.807, 2.05) is 31.1 Å². The van der Waals surface area contributed by atoms with E-state index in [9.17, 15) is 4.79 Å². The number of anilines is 1. The van der Waals surface area contributed by atoms with Crippen molar-refractivity contribution in [2.45, 2.75) is 0 Å². The molecule has 0 saturated heterocycles. The lowest BCUT2D eigenvalue weighted by Gasteiger charge is -2.18. The Hall–Kier alpha value is -2.01. The Bertz CT molecular complexity index is 635. The molecule has 1 N–H and O–H groups in total. The van der Waals surface area contributed by atoms with E-state index >= 15 is 0 Å². The first kappa shape index (κ1) is 13.4. The van der Waals surface area contributed by atoms with Crippen LogP contribution in [0, 0.1) is 0 Å². The summed E-state index contributed by atoms with van der Waals surface area (Å²) in [6.07, 6.45) is 0. The average molecular weight is 280 g/mol. The fourth-order valence-electron chi connectivity index (χ4n) is 1.94. The molecule has 0 saturated carbocycles. The molecular formula is C13H14ClN3O2. The molecule has 6 heteroatoms. The molecule has 0 atom stereocenters. The summed E-state index contributed by atoms with van der Waals surface area (Å²) in [5, 5.41) is 13.5. The lowest BCUT2D eigenvalue weighted by atomic mass is 10.1. The van der Waals surface area contributed by atoms with Crippen LogP contribution in [0.1, 0.15) is 10.5 Å². The van der Waals surface area contributed by atoms with Gasteiger partial charge in [-0.3, -0.25) is 4.68 Å². The Morgan fingerprint density at radius 2 is 2.11 bits per heavy atom. The molecule has 0 spiro atoms. The zero-order chi connectivity index (χ0) is 14.2. The lowest BCUT2D eigenvalue weighted by molar-refractivity contribution is 0.0689. The van der Waals surface area contributed by atoms with E-state index in [2.05, 4.69) is 5.10 Å². The molecule has 5 nitrogen and oxygen atoms in total. The molecule has 1 aromatic heterocycles. The van der Waals surface area contributed by atoms with Crippen LogP contribution in [0.15, 0.2) is 24.3 Å². The third-order valence-corrected chi connectivity index (χ3v) is 3.14. The van der Waals surface area contributed by atoms with Crippen molar-refractivity contribution >= 4 is 23.3 Å². The summed E-state index contributed by atoms with van der Waals surface area (Å²) in [5.74, 6) is -1.06. The monoisotopic (exact) mass is 279 g/mol. The molecule has 1 heterocycles. The Morgan fingerprint density at radius 3 is 2.63 bits per heavy atom. The number of carbonyl (C=O) groups is 1. The van der Waals surface area contributed by atoms with E-state index in [-0.39, 0.29) is 5.69 Å². The SMILES string of the molecule is CN(C)c1cccc(Cl)c1-c1cc(C(=O)O)nn1C. The number of aryl methyl sites for hydroxylation is 1. The van der Waals surface area contributed by atoms with Crippen LogP contribution in [0.5, 0.6) is 0 Å². The predicted molar refractivity (Wildman–Crippen MR) is 74.9 cm³/mol. The first-order valence-corrected chi connectivity index (χ1v) is 6.03. The zero-order valence-corrected chi connectivity index (χ0v) is 11.6. The number of aromatic carboxylic acids is 1. The van der Waals surface area contributed by atoms with Crippen molar-refractivity contribution in [2.24, 2.45) is 7.05 Å². The second-order valence-corrected chi connectivity index (χ2v) is 4.78. The molecular weight excluding hydrogens is 266 g/mol. The molecule has 0 amide bonds. The van der Waals surface area contributed by atoms with Gasteiger partial charge in [0.05, 0.1) is 10.7 Å². The van der Waals surface area contributed by atoms with Gasteiger partial charge in [-0.25, -0.2) is 4.79 Å². The number of nitrogens with zero attached hydrogens (tertiary/aromatic N) is 3. The van der Waals surface area contributed by atoms with Crippen LogP contribution >= 0.6 is 11.6 Å². The van der Waals surface area contributed by atoms with E-state index < -0.39 is 5.97 Å². The van der Waals surface area contributed by atoms with E-state index in [1.54, 1.807) is 13.1 Å². The van der Waals surface area contributed by atoms with Crippen molar-refractivity contribution in [2.75, 3.05) is 19.0 Å². The number of benzene rings is 1. The minimum absolute atomic E-state index is 0.00197. The summed E-state index contributed by atoms with van der Waals surface area (Å²) in [6, 6.07) is 7.08. The highest BCUT2D eigenvalue weighted by Gasteiger charge is 2.18. The van der Waals surface area contributed by atoms with E-state index in [0.29, 0.717) is 10.7 Å². The molecule has 2 aromatic rings. The van der Waals surface area contributed by atoms with Crippen LogP contribution in [-0.4, -0.2) is 35.0 Å². The average Bonchev–Trinajstić information content (AvgIpc) is 2.71. The zero-order valence-electron chi connectivity index (χ0n) is 10.9. The lowest BCUT2D eigenvalue weighted by Crippen LogP contribution is -2.11. The molecule has 0 bridgehead atoms. The summed E-state index contributed by atoms with van der Waals surface area (Å²) in [4.78, 5) is 12.9. The van der Waals surface area contributed by atoms with Gasteiger partial charge in [0.15, 0.2) is 5.69 Å². The number of hydrogen-bond acceptors (Lipinski definition) is 3. The number of aromatic nitrogens is 2. The Morgan fingerprint density at radius 1 is 1.42 bits per heavy atom. The van der Waals surface area contributed by atoms with Crippen molar-refractivity contribution in [3.8, 4) is 11.3 Å². The fraction of sp³-hybridized carbons (Fsp3) is 0.231. The van der Waals surface area contributed by atoms with Crippen molar-refractivity contribution in [3.63, 3.8) is 0 Å². The summed E-state index contributed by atoms with van der Waals surface area (Å²) in [5.41, 5.74) is 2.36. The molecule has 0 unspecified atom stereocenters. The maximum absolute atomic E-state index is 11.0. The topological polar surface area (TPSA) is 58.4 Å². The standard InChI is InChI=1S/C13H14ClN3O2/c1-16(2)10-6-4-5-8(14)12(10)11-7-9(13(18)19)15-17(11)3/h4-7H,1-3H3,(H,18,19). The summed E-state index contributed by atoms with van der Waals surface area (Å²) < 4.78 is 1.53. The highest BCUT2D eigenvalue weighted by molar-refractivity contribution is 6.34. The van der Waals surface area contributed by atoms with Gasteiger partial charge < -0.3 is 10.0 Å². The maximum atomic E-state index is 11.0. The molecule has 1 aromatic carbocycles. The van der Waals surface area contributed by atoms with Gasteiger partial charge in [0.1, 0.15) is 0 Å². The molecule has 100 valence electrons. The molecule has 0 radical (unpaired) electrons. The minimum Gasteiger partial charge on any atom is -0.476 e. The second-order valence-electron chi connectivity index (χ2n) is 4.37. The van der Waals surface area contributed by atoms with Gasteiger partial charge in [0.2, 0.25) is 0 Å². The Kier molecular flexibility index (Phi) is 3.48. The van der Waals surface area contributed by atoms with Crippen LogP contribution in [-0.2, 0) is 7.05 Å². The van der Waals surface area contributed by atoms with Crippen LogP contribution in [0.3, 0.4) is 0 Å². The quantitative estimate of drug-likeness (QED) is 0.938. The molecule has 0 aliphatic heterocycles. The summed E-state index contributed by atoms with van der Waals surface area (Å²) in [7, 11) is 5.51. The van der Waals surface area contributed by atoms with Crippen LogP contribution < -0.4 is 4.90 Å². The van der Waals surface area contributed by atoms with Gasteiger partial charge >= 0.3 is 5.97 Å². The predicted octanol–water partition coefficient (Wildman–Crippen LogP) is 2.50. The molecule has 2 rings (SSSR count). The number of rotatable bonds is 3. The molecule has 19 heavy (non-hydrogen) atoms. The van der Waals surface area contributed by atoms with E-state index in [4.69, 9.17) is 16.7 Å². The number of carboxylic acids is 1. The molecule has 0 fully saturated rings. The van der Waals surface area contributed by atoms with Gasteiger partial charge in [-0.2, -0.15) is 5.10 Å². The van der Waals surface area contributed by atoms with Crippen molar-refractivity contribution in [1.82, 2.24) is 9.78 Å². The maximum Gasteiger partial charge on any atom is 0.356 e. The molecule has 0 aliphatic carbocycles. The summed E-state index contributed by atoms with van der Waals surface area (Å²) in [6.45, 7) is 0. The normalized spacial score (nSPS) is 10.5. The Balaban J connectivity index is 2.68. The van der Waals surface area contributed by atoms with Gasteiger partial charge in [-0.05, 0) is 18.2 Å². The number of carboxylic acid groups (broad SMARTS) is 1. The number of halogens is 1.